The van der Waals surface area contributed by atoms with Gasteiger partial charge in [-0.15, -0.1) is 24.8 Å². The Morgan fingerprint density at radius 3 is 2.25 bits per heavy atom. The summed E-state index contributed by atoms with van der Waals surface area (Å²) in [6, 6.07) is 10.5. The van der Waals surface area contributed by atoms with Crippen molar-refractivity contribution in [1.82, 2.24) is 24.4 Å². The van der Waals surface area contributed by atoms with Crippen molar-refractivity contribution in [3.8, 4) is 5.75 Å². The molecule has 2 aliphatic carbocycles. The van der Waals surface area contributed by atoms with Gasteiger partial charge in [0, 0.05) is 37.3 Å². The monoisotopic (exact) mass is 590 g/mol. The van der Waals surface area contributed by atoms with E-state index in [0.29, 0.717) is 42.9 Å². The number of para-hydroxylation sites is 1. The lowest BCUT2D eigenvalue weighted by Crippen LogP contribution is -2.43. The normalized spacial score (nSPS) is 21.9. The van der Waals surface area contributed by atoms with Gasteiger partial charge < -0.3 is 30.6 Å². The molecule has 1 aliphatic heterocycles. The molecule has 10 nitrogen and oxygen atoms in total. The van der Waals surface area contributed by atoms with E-state index in [2.05, 4.69) is 15.2 Å². The number of anilines is 2. The Morgan fingerprint density at radius 1 is 0.875 bits per heavy atom. The SMILES string of the molecule is Cl.Cl.N[C@H]1CC[C@H](Nc2nc(NC3CCN(C(=O)Oc4ccccc4)CC3)c3ncn(C4CCCC4)c3n2)CC1. The second kappa shape index (κ2) is 13.7. The quantitative estimate of drug-likeness (QED) is 0.342. The number of rotatable bonds is 6. The number of hydrogen-bond acceptors (Lipinski definition) is 8. The van der Waals surface area contributed by atoms with Gasteiger partial charge in [-0.2, -0.15) is 9.97 Å². The summed E-state index contributed by atoms with van der Waals surface area (Å²) in [7, 11) is 0. The van der Waals surface area contributed by atoms with Gasteiger partial charge >= 0.3 is 6.09 Å². The number of benzene rings is 1. The van der Waals surface area contributed by atoms with Crippen molar-refractivity contribution < 1.29 is 9.53 Å². The van der Waals surface area contributed by atoms with Gasteiger partial charge in [-0.1, -0.05) is 31.0 Å². The van der Waals surface area contributed by atoms with Crippen LogP contribution in [0.25, 0.3) is 11.2 Å². The molecule has 1 amide bonds. The summed E-state index contributed by atoms with van der Waals surface area (Å²) in [6.07, 6.45) is 12.2. The number of carbonyl (C=O) groups is 1. The van der Waals surface area contributed by atoms with Gasteiger partial charge in [0.1, 0.15) is 5.75 Å². The highest BCUT2D eigenvalue weighted by molar-refractivity contribution is 5.86. The van der Waals surface area contributed by atoms with Crippen LogP contribution in [0.15, 0.2) is 36.7 Å². The first-order valence-corrected chi connectivity index (χ1v) is 14.2. The number of carbonyl (C=O) groups excluding carboxylic acids is 1. The molecule has 2 aromatic heterocycles. The molecule has 1 saturated heterocycles. The summed E-state index contributed by atoms with van der Waals surface area (Å²) < 4.78 is 7.78. The maximum Gasteiger partial charge on any atom is 0.415 e. The van der Waals surface area contributed by atoms with Crippen molar-refractivity contribution in [1.29, 1.82) is 0 Å². The smallest absolute Gasteiger partial charge is 0.410 e. The van der Waals surface area contributed by atoms with Crippen LogP contribution in [-0.2, 0) is 0 Å². The van der Waals surface area contributed by atoms with Gasteiger partial charge in [-0.3, -0.25) is 0 Å². The highest BCUT2D eigenvalue weighted by Crippen LogP contribution is 2.34. The fourth-order valence-electron chi connectivity index (χ4n) is 6.03. The lowest BCUT2D eigenvalue weighted by Gasteiger charge is -2.32. The van der Waals surface area contributed by atoms with Crippen molar-refractivity contribution in [2.24, 2.45) is 5.73 Å². The molecule has 6 rings (SSSR count). The van der Waals surface area contributed by atoms with Crippen molar-refractivity contribution in [2.75, 3.05) is 23.7 Å². The summed E-state index contributed by atoms with van der Waals surface area (Å²) in [5.41, 5.74) is 7.84. The van der Waals surface area contributed by atoms with Crippen LogP contribution in [0.3, 0.4) is 0 Å². The van der Waals surface area contributed by atoms with Crippen LogP contribution in [0.1, 0.15) is 70.3 Å². The predicted molar refractivity (Wildman–Crippen MR) is 162 cm³/mol. The summed E-state index contributed by atoms with van der Waals surface area (Å²) in [5, 5.41) is 7.25. The van der Waals surface area contributed by atoms with E-state index in [9.17, 15) is 4.79 Å². The molecule has 0 bridgehead atoms. The summed E-state index contributed by atoms with van der Waals surface area (Å²) in [6.45, 7) is 1.25. The topological polar surface area (TPSA) is 123 Å². The number of hydrogen-bond donors (Lipinski definition) is 3. The molecular formula is C28H40Cl2N8O2. The molecule has 0 spiro atoms. The molecule has 3 fully saturated rings. The van der Waals surface area contributed by atoms with E-state index < -0.39 is 0 Å². The molecule has 2 saturated carbocycles. The second-order valence-electron chi connectivity index (χ2n) is 11.0. The summed E-state index contributed by atoms with van der Waals surface area (Å²) in [4.78, 5) is 29.0. The number of ether oxygens (including phenoxy) is 1. The van der Waals surface area contributed by atoms with E-state index in [4.69, 9.17) is 25.4 Å². The Labute approximate surface area is 247 Å². The molecular weight excluding hydrogens is 551 g/mol. The third-order valence-corrected chi connectivity index (χ3v) is 8.29. The molecule has 40 heavy (non-hydrogen) atoms. The summed E-state index contributed by atoms with van der Waals surface area (Å²) >= 11 is 0. The lowest BCUT2D eigenvalue weighted by atomic mass is 9.92. The summed E-state index contributed by atoms with van der Waals surface area (Å²) in [5.74, 6) is 2.00. The predicted octanol–water partition coefficient (Wildman–Crippen LogP) is 5.54. The van der Waals surface area contributed by atoms with Gasteiger partial charge in [0.05, 0.1) is 6.33 Å². The average molecular weight is 592 g/mol. The van der Waals surface area contributed by atoms with Gasteiger partial charge in [0.15, 0.2) is 17.0 Å². The largest absolute Gasteiger partial charge is 0.415 e. The van der Waals surface area contributed by atoms with Crippen LogP contribution in [-0.4, -0.2) is 61.7 Å². The average Bonchev–Trinajstić information content (AvgIpc) is 3.61. The number of likely N-dealkylation sites (tertiary alicyclic amines) is 1. The van der Waals surface area contributed by atoms with Gasteiger partial charge in [0.2, 0.25) is 5.95 Å². The fourth-order valence-corrected chi connectivity index (χ4v) is 6.03. The van der Waals surface area contributed by atoms with E-state index >= 15 is 0 Å². The van der Waals surface area contributed by atoms with E-state index in [0.717, 1.165) is 55.5 Å². The number of nitrogens with zero attached hydrogens (tertiary/aromatic N) is 5. The molecule has 218 valence electrons. The van der Waals surface area contributed by atoms with E-state index in [1.807, 2.05) is 24.5 Å². The van der Waals surface area contributed by atoms with Gasteiger partial charge in [-0.05, 0) is 63.5 Å². The first-order valence-electron chi connectivity index (χ1n) is 14.2. The first kappa shape index (κ1) is 30.1. The van der Waals surface area contributed by atoms with Crippen molar-refractivity contribution in [3.63, 3.8) is 0 Å². The van der Waals surface area contributed by atoms with Gasteiger partial charge in [-0.25, -0.2) is 9.78 Å². The molecule has 3 aliphatic rings. The number of halogens is 2. The zero-order valence-electron chi connectivity index (χ0n) is 22.7. The Bertz CT molecular complexity index is 1240. The van der Waals surface area contributed by atoms with Crippen molar-refractivity contribution in [3.05, 3.63) is 36.7 Å². The molecule has 3 heterocycles. The Hall–Kier alpha value is -2.82. The molecule has 0 unspecified atom stereocenters. The zero-order chi connectivity index (χ0) is 25.9. The second-order valence-corrected chi connectivity index (χ2v) is 11.0. The highest BCUT2D eigenvalue weighted by atomic mass is 35.5. The number of amides is 1. The molecule has 12 heteroatoms. The molecule has 4 N–H and O–H groups in total. The number of aromatic nitrogens is 4. The zero-order valence-corrected chi connectivity index (χ0v) is 24.3. The van der Waals surface area contributed by atoms with E-state index in [1.165, 1.54) is 25.7 Å². The molecule has 0 atom stereocenters. The van der Waals surface area contributed by atoms with Crippen LogP contribution in [0.4, 0.5) is 16.6 Å². The number of nitrogens with one attached hydrogen (secondary N) is 2. The maximum absolute atomic E-state index is 12.6. The van der Waals surface area contributed by atoms with Crippen LogP contribution in [0, 0.1) is 0 Å². The Morgan fingerprint density at radius 2 is 1.55 bits per heavy atom. The van der Waals surface area contributed by atoms with Crippen LogP contribution >= 0.6 is 24.8 Å². The van der Waals surface area contributed by atoms with Crippen LogP contribution in [0.5, 0.6) is 5.75 Å². The Kier molecular flexibility index (Phi) is 10.3. The molecule has 3 aromatic rings. The van der Waals surface area contributed by atoms with Gasteiger partial charge in [0.25, 0.3) is 0 Å². The number of fused-ring (bicyclic) bond motifs is 1. The number of imidazole rings is 1. The Balaban J connectivity index is 0.00000185. The number of nitrogens with two attached hydrogens (primary N) is 1. The first-order chi connectivity index (χ1) is 18.6. The standard InChI is InChI=1S/C28H38N8O2.2ClH/c29-19-10-12-20(13-11-19)32-27-33-25(24-26(34-27)36(18-30-24)22-6-4-5-7-22)31-21-14-16-35(17-15-21)28(37)38-23-8-2-1-3-9-23;;/h1-3,8-9,18-22H,4-7,10-17,29H2,(H2,31,32,33,34);2*1H/t19-,20-;;. The van der Waals surface area contributed by atoms with Crippen LogP contribution < -0.4 is 21.1 Å². The third-order valence-electron chi connectivity index (χ3n) is 8.29. The minimum atomic E-state index is -0.298. The van der Waals surface area contributed by atoms with Crippen LogP contribution in [0.2, 0.25) is 0 Å². The number of piperidine rings is 1. The van der Waals surface area contributed by atoms with E-state index in [1.54, 1.807) is 17.0 Å². The van der Waals surface area contributed by atoms with Crippen molar-refractivity contribution >= 4 is 53.8 Å². The minimum absolute atomic E-state index is 0. The highest BCUT2D eigenvalue weighted by Gasteiger charge is 2.27. The minimum Gasteiger partial charge on any atom is -0.410 e. The fraction of sp³-hybridized carbons (Fsp3) is 0.571. The molecule has 0 radical (unpaired) electrons. The molecule has 1 aromatic carbocycles. The van der Waals surface area contributed by atoms with E-state index in [-0.39, 0.29) is 36.9 Å². The third kappa shape index (κ3) is 6.90. The van der Waals surface area contributed by atoms with Crippen molar-refractivity contribution in [2.45, 2.75) is 88.4 Å². The maximum atomic E-state index is 12.6. The lowest BCUT2D eigenvalue weighted by molar-refractivity contribution is 0.140.